The molecule has 2 aromatic rings. The second-order valence-corrected chi connectivity index (χ2v) is 4.21. The Bertz CT molecular complexity index is 395. The molecule has 1 aromatic carbocycles. The lowest BCUT2D eigenvalue weighted by Gasteiger charge is -2.05. The van der Waals surface area contributed by atoms with Crippen molar-refractivity contribution in [3.8, 4) is 0 Å². The molecule has 0 spiro atoms. The van der Waals surface area contributed by atoms with Gasteiger partial charge in [-0.25, -0.2) is 4.98 Å². The number of nitrogens with zero attached hydrogens (tertiary/aromatic N) is 1. The topological polar surface area (TPSA) is 79.5 Å². The van der Waals surface area contributed by atoms with Crippen molar-refractivity contribution in [3.05, 3.63) is 24.3 Å². The predicted octanol–water partition coefficient (Wildman–Crippen LogP) is 2.22. The zero-order valence-corrected chi connectivity index (χ0v) is 9.53. The van der Waals surface area contributed by atoms with E-state index in [1.54, 1.807) is 14.2 Å². The second-order valence-electron chi connectivity index (χ2n) is 2.59. The Labute approximate surface area is 88.9 Å². The Kier molecular flexibility index (Phi) is 4.17. The van der Waals surface area contributed by atoms with Crippen LogP contribution >= 0.6 is 8.38 Å². The molecule has 0 unspecified atom stereocenters. The van der Waals surface area contributed by atoms with Crippen molar-refractivity contribution >= 4 is 25.1 Å². The van der Waals surface area contributed by atoms with Crippen molar-refractivity contribution in [2.24, 2.45) is 0 Å². The SMILES string of the molecule is COP(OC)c1nc2ccccc2o1.N. The van der Waals surface area contributed by atoms with E-state index in [4.69, 9.17) is 13.5 Å². The summed E-state index contributed by atoms with van der Waals surface area (Å²) in [6, 6.07) is 7.57. The Morgan fingerprint density at radius 1 is 1.20 bits per heavy atom. The highest BCUT2D eigenvalue weighted by atomic mass is 31.2. The molecule has 82 valence electrons. The lowest BCUT2D eigenvalue weighted by Crippen LogP contribution is -2.03. The van der Waals surface area contributed by atoms with E-state index >= 15 is 0 Å². The molecule has 2 rings (SSSR count). The third-order valence-corrected chi connectivity index (χ3v) is 2.94. The summed E-state index contributed by atoms with van der Waals surface area (Å²) in [5.74, 6) is 0. The van der Waals surface area contributed by atoms with E-state index in [-0.39, 0.29) is 6.15 Å². The van der Waals surface area contributed by atoms with Gasteiger partial charge < -0.3 is 19.6 Å². The molecule has 0 fully saturated rings. The fourth-order valence-electron chi connectivity index (χ4n) is 1.17. The van der Waals surface area contributed by atoms with E-state index < -0.39 is 8.38 Å². The first-order chi connectivity index (χ1) is 6.85. The molecule has 3 N–H and O–H groups in total. The number of aromatic nitrogens is 1. The number of rotatable bonds is 3. The third kappa shape index (κ3) is 2.33. The summed E-state index contributed by atoms with van der Waals surface area (Å²) in [5, 5.41) is 0. The first kappa shape index (κ1) is 12.1. The quantitative estimate of drug-likeness (QED) is 0.814. The fourth-order valence-corrected chi connectivity index (χ4v) is 1.99. The lowest BCUT2D eigenvalue weighted by atomic mass is 10.3. The minimum Gasteiger partial charge on any atom is -0.433 e. The van der Waals surface area contributed by atoms with Gasteiger partial charge in [-0.3, -0.25) is 0 Å². The van der Waals surface area contributed by atoms with Crippen LogP contribution in [0.2, 0.25) is 0 Å². The second kappa shape index (κ2) is 5.19. The minimum atomic E-state index is -1.18. The van der Waals surface area contributed by atoms with Crippen LogP contribution in [0.25, 0.3) is 11.1 Å². The van der Waals surface area contributed by atoms with Crippen LogP contribution in [0.4, 0.5) is 0 Å². The smallest absolute Gasteiger partial charge is 0.275 e. The van der Waals surface area contributed by atoms with Gasteiger partial charge in [-0.05, 0) is 12.1 Å². The Balaban J connectivity index is 0.00000112. The number of hydrogen-bond acceptors (Lipinski definition) is 5. The lowest BCUT2D eigenvalue weighted by molar-refractivity contribution is 0.343. The van der Waals surface area contributed by atoms with Crippen LogP contribution in [0.3, 0.4) is 0 Å². The number of oxazole rings is 1. The summed E-state index contributed by atoms with van der Waals surface area (Å²) in [4.78, 5) is 4.27. The molecule has 6 heteroatoms. The molecule has 0 bridgehead atoms. The molecule has 0 amide bonds. The van der Waals surface area contributed by atoms with Crippen LogP contribution in [0, 0.1) is 0 Å². The zero-order valence-electron chi connectivity index (χ0n) is 8.64. The summed E-state index contributed by atoms with van der Waals surface area (Å²) >= 11 is 0. The summed E-state index contributed by atoms with van der Waals surface area (Å²) in [6.07, 6.45) is 0. The van der Waals surface area contributed by atoms with Gasteiger partial charge in [0.15, 0.2) is 5.58 Å². The zero-order chi connectivity index (χ0) is 9.97. The highest BCUT2D eigenvalue weighted by molar-refractivity contribution is 7.55. The van der Waals surface area contributed by atoms with Gasteiger partial charge in [-0.15, -0.1) is 0 Å². The van der Waals surface area contributed by atoms with Crippen LogP contribution in [0.1, 0.15) is 0 Å². The van der Waals surface area contributed by atoms with Gasteiger partial charge >= 0.3 is 0 Å². The van der Waals surface area contributed by atoms with E-state index in [2.05, 4.69) is 4.98 Å². The summed E-state index contributed by atoms with van der Waals surface area (Å²) < 4.78 is 15.7. The Morgan fingerprint density at radius 2 is 1.87 bits per heavy atom. The summed E-state index contributed by atoms with van der Waals surface area (Å²) in [6.45, 7) is 0. The van der Waals surface area contributed by atoms with Crippen molar-refractivity contribution in [1.82, 2.24) is 11.1 Å². The van der Waals surface area contributed by atoms with Gasteiger partial charge in [-0.1, -0.05) is 12.1 Å². The van der Waals surface area contributed by atoms with Gasteiger partial charge in [0, 0.05) is 14.2 Å². The molecular weight excluding hydrogens is 215 g/mol. The fraction of sp³-hybridized carbons (Fsp3) is 0.222. The number of benzene rings is 1. The van der Waals surface area contributed by atoms with Crippen molar-refractivity contribution in [3.63, 3.8) is 0 Å². The molecule has 0 radical (unpaired) electrons. The largest absolute Gasteiger partial charge is 0.433 e. The van der Waals surface area contributed by atoms with Gasteiger partial charge in [0.1, 0.15) is 5.52 Å². The van der Waals surface area contributed by atoms with Gasteiger partial charge in [0.2, 0.25) is 0 Å². The normalized spacial score (nSPS) is 10.6. The molecule has 0 aliphatic rings. The summed E-state index contributed by atoms with van der Waals surface area (Å²) in [7, 11) is 1.97. The van der Waals surface area contributed by atoms with Crippen molar-refractivity contribution in [1.29, 1.82) is 0 Å². The van der Waals surface area contributed by atoms with Crippen LogP contribution in [0.15, 0.2) is 28.7 Å². The maximum absolute atomic E-state index is 5.48. The van der Waals surface area contributed by atoms with E-state index in [1.807, 2.05) is 24.3 Å². The minimum absolute atomic E-state index is 0. The maximum atomic E-state index is 5.48. The van der Waals surface area contributed by atoms with E-state index in [1.165, 1.54) is 0 Å². The molecule has 0 aliphatic carbocycles. The van der Waals surface area contributed by atoms with E-state index in [9.17, 15) is 0 Å². The van der Waals surface area contributed by atoms with Crippen molar-refractivity contribution < 1.29 is 13.5 Å². The predicted molar refractivity (Wildman–Crippen MR) is 59.6 cm³/mol. The maximum Gasteiger partial charge on any atom is 0.275 e. The van der Waals surface area contributed by atoms with E-state index in [0.29, 0.717) is 5.63 Å². The standard InChI is InChI=1S/C9H10NO3P.H3N/c1-11-14(12-2)9-10-7-5-3-4-6-8(7)13-9;/h3-6H,1-2H3;1H3. The van der Waals surface area contributed by atoms with Gasteiger partial charge in [-0.2, -0.15) is 0 Å². The monoisotopic (exact) mass is 228 g/mol. The number of para-hydroxylation sites is 2. The van der Waals surface area contributed by atoms with Gasteiger partial charge in [0.05, 0.1) is 0 Å². The Morgan fingerprint density at radius 3 is 2.47 bits per heavy atom. The highest BCUT2D eigenvalue weighted by Gasteiger charge is 2.17. The Hall–Kier alpha value is -1.00. The van der Waals surface area contributed by atoms with Crippen LogP contribution < -0.4 is 11.8 Å². The molecule has 0 saturated carbocycles. The molecule has 5 nitrogen and oxygen atoms in total. The van der Waals surface area contributed by atoms with Crippen molar-refractivity contribution in [2.45, 2.75) is 0 Å². The van der Waals surface area contributed by atoms with E-state index in [0.717, 1.165) is 11.1 Å². The van der Waals surface area contributed by atoms with Crippen molar-refractivity contribution in [2.75, 3.05) is 14.2 Å². The molecular formula is C9H13N2O3P. The molecule has 1 heterocycles. The average molecular weight is 228 g/mol. The number of fused-ring (bicyclic) bond motifs is 1. The first-order valence-electron chi connectivity index (χ1n) is 4.09. The molecule has 1 aromatic heterocycles. The van der Waals surface area contributed by atoms with Crippen LogP contribution in [-0.2, 0) is 9.05 Å². The summed E-state index contributed by atoms with van der Waals surface area (Å²) in [5.41, 5.74) is 2.08. The molecule has 0 aliphatic heterocycles. The molecule has 0 saturated heterocycles. The van der Waals surface area contributed by atoms with Crippen LogP contribution in [0.5, 0.6) is 0 Å². The molecule has 0 atom stereocenters. The highest BCUT2D eigenvalue weighted by Crippen LogP contribution is 2.35. The van der Waals surface area contributed by atoms with Crippen LogP contribution in [-0.4, -0.2) is 19.2 Å². The third-order valence-electron chi connectivity index (χ3n) is 1.77. The molecule has 15 heavy (non-hydrogen) atoms. The first-order valence-corrected chi connectivity index (χ1v) is 5.27. The van der Waals surface area contributed by atoms with Gasteiger partial charge in [0.25, 0.3) is 14.0 Å². The number of hydrogen-bond donors (Lipinski definition) is 1. The average Bonchev–Trinajstić information content (AvgIpc) is 2.63.